The van der Waals surface area contributed by atoms with Gasteiger partial charge < -0.3 is 19.9 Å². The van der Waals surface area contributed by atoms with Crippen molar-refractivity contribution in [2.75, 3.05) is 13.2 Å². The zero-order valence-electron chi connectivity index (χ0n) is 12.1. The van der Waals surface area contributed by atoms with Crippen LogP contribution < -0.4 is 5.32 Å². The molecule has 2 N–H and O–H groups in total. The SMILES string of the molecule is CC1(C)OCC(CNC(=O)Cc2ccccc2C(=O)O)O1. The van der Waals surface area contributed by atoms with Gasteiger partial charge in [-0.3, -0.25) is 4.79 Å². The number of hydrogen-bond donors (Lipinski definition) is 2. The van der Waals surface area contributed by atoms with Crippen LogP contribution in [0.3, 0.4) is 0 Å². The number of nitrogens with one attached hydrogen (secondary N) is 1. The summed E-state index contributed by atoms with van der Waals surface area (Å²) in [5, 5.41) is 11.8. The fourth-order valence-electron chi connectivity index (χ4n) is 2.21. The minimum atomic E-state index is -1.03. The molecule has 1 heterocycles. The Balaban J connectivity index is 1.87. The van der Waals surface area contributed by atoms with E-state index in [4.69, 9.17) is 14.6 Å². The summed E-state index contributed by atoms with van der Waals surface area (Å²) in [4.78, 5) is 23.0. The zero-order valence-corrected chi connectivity index (χ0v) is 12.1. The number of carboxylic acid groups (broad SMARTS) is 1. The smallest absolute Gasteiger partial charge is 0.335 e. The highest BCUT2D eigenvalue weighted by atomic mass is 16.7. The molecule has 0 aromatic heterocycles. The topological polar surface area (TPSA) is 84.9 Å². The molecule has 1 atom stereocenters. The third-order valence-corrected chi connectivity index (χ3v) is 3.19. The third-order valence-electron chi connectivity index (χ3n) is 3.19. The molecule has 1 saturated heterocycles. The molecule has 1 amide bonds. The van der Waals surface area contributed by atoms with Gasteiger partial charge in [0, 0.05) is 6.54 Å². The van der Waals surface area contributed by atoms with E-state index in [1.165, 1.54) is 6.07 Å². The number of carboxylic acids is 1. The third kappa shape index (κ3) is 4.27. The Morgan fingerprint density at radius 1 is 1.38 bits per heavy atom. The summed E-state index contributed by atoms with van der Waals surface area (Å²) in [5.41, 5.74) is 0.639. The Morgan fingerprint density at radius 3 is 2.71 bits per heavy atom. The zero-order chi connectivity index (χ0) is 15.5. The summed E-state index contributed by atoms with van der Waals surface area (Å²) in [7, 11) is 0. The van der Waals surface area contributed by atoms with Gasteiger partial charge >= 0.3 is 5.97 Å². The molecule has 6 heteroatoms. The highest BCUT2D eigenvalue weighted by Crippen LogP contribution is 2.21. The number of amides is 1. The van der Waals surface area contributed by atoms with Gasteiger partial charge in [-0.1, -0.05) is 18.2 Å². The average molecular weight is 293 g/mol. The highest BCUT2D eigenvalue weighted by Gasteiger charge is 2.32. The van der Waals surface area contributed by atoms with Crippen LogP contribution >= 0.6 is 0 Å². The maximum absolute atomic E-state index is 11.9. The summed E-state index contributed by atoms with van der Waals surface area (Å²) in [6.07, 6.45) is -0.155. The summed E-state index contributed by atoms with van der Waals surface area (Å²) < 4.78 is 11.0. The number of carbonyl (C=O) groups is 2. The first-order valence-corrected chi connectivity index (χ1v) is 6.77. The van der Waals surface area contributed by atoms with Crippen LogP contribution in [0.5, 0.6) is 0 Å². The average Bonchev–Trinajstić information content (AvgIpc) is 2.76. The van der Waals surface area contributed by atoms with Crippen molar-refractivity contribution in [1.29, 1.82) is 0 Å². The summed E-state index contributed by atoms with van der Waals surface area (Å²) in [6.45, 7) is 4.41. The Morgan fingerprint density at radius 2 is 2.10 bits per heavy atom. The number of ether oxygens (including phenoxy) is 2. The molecule has 0 radical (unpaired) electrons. The Bertz CT molecular complexity index is 541. The maximum Gasteiger partial charge on any atom is 0.335 e. The van der Waals surface area contributed by atoms with E-state index in [-0.39, 0.29) is 24.0 Å². The second kappa shape index (κ2) is 6.24. The van der Waals surface area contributed by atoms with Crippen LogP contribution in [-0.2, 0) is 20.7 Å². The lowest BCUT2D eigenvalue weighted by Gasteiger charge is -2.17. The normalized spacial score (nSPS) is 20.2. The van der Waals surface area contributed by atoms with Crippen molar-refractivity contribution >= 4 is 11.9 Å². The number of rotatable bonds is 5. The molecule has 1 unspecified atom stereocenters. The van der Waals surface area contributed by atoms with Crippen molar-refractivity contribution in [3.8, 4) is 0 Å². The van der Waals surface area contributed by atoms with Gasteiger partial charge in [0.1, 0.15) is 6.10 Å². The minimum absolute atomic E-state index is 0.0272. The van der Waals surface area contributed by atoms with E-state index in [0.717, 1.165) is 0 Å². The predicted octanol–water partition coefficient (Wildman–Crippen LogP) is 1.19. The van der Waals surface area contributed by atoms with Gasteiger partial charge in [-0.15, -0.1) is 0 Å². The molecule has 1 aromatic carbocycles. The van der Waals surface area contributed by atoms with Crippen LogP contribution in [0, 0.1) is 0 Å². The Hall–Kier alpha value is -1.92. The van der Waals surface area contributed by atoms with Gasteiger partial charge in [0.05, 0.1) is 18.6 Å². The van der Waals surface area contributed by atoms with E-state index in [1.807, 2.05) is 13.8 Å². The predicted molar refractivity (Wildman–Crippen MR) is 75.0 cm³/mol. The molecular formula is C15H19NO5. The minimum Gasteiger partial charge on any atom is -0.478 e. The van der Waals surface area contributed by atoms with Crippen molar-refractivity contribution < 1.29 is 24.2 Å². The summed E-state index contributed by atoms with van der Waals surface area (Å²) >= 11 is 0. The number of carbonyl (C=O) groups excluding carboxylic acids is 1. The van der Waals surface area contributed by atoms with Gasteiger partial charge in [-0.2, -0.15) is 0 Å². The van der Waals surface area contributed by atoms with E-state index in [1.54, 1.807) is 18.2 Å². The van der Waals surface area contributed by atoms with Crippen LogP contribution in [0.25, 0.3) is 0 Å². The highest BCUT2D eigenvalue weighted by molar-refractivity contribution is 5.91. The van der Waals surface area contributed by atoms with E-state index >= 15 is 0 Å². The van der Waals surface area contributed by atoms with Crippen molar-refractivity contribution in [1.82, 2.24) is 5.32 Å². The summed E-state index contributed by atoms with van der Waals surface area (Å²) in [5.74, 6) is -1.89. The second-order valence-corrected chi connectivity index (χ2v) is 5.39. The molecule has 1 aliphatic heterocycles. The van der Waals surface area contributed by atoms with Gasteiger partial charge in [0.2, 0.25) is 5.91 Å². The fraction of sp³-hybridized carbons (Fsp3) is 0.467. The van der Waals surface area contributed by atoms with Crippen LogP contribution in [0.15, 0.2) is 24.3 Å². The molecule has 1 aromatic rings. The first kappa shape index (κ1) is 15.5. The van der Waals surface area contributed by atoms with Gasteiger partial charge in [-0.05, 0) is 25.5 Å². The monoisotopic (exact) mass is 293 g/mol. The van der Waals surface area contributed by atoms with Crippen molar-refractivity contribution in [3.63, 3.8) is 0 Å². The molecule has 0 saturated carbocycles. The molecular weight excluding hydrogens is 274 g/mol. The Labute approximate surface area is 123 Å². The molecule has 21 heavy (non-hydrogen) atoms. The van der Waals surface area contributed by atoms with E-state index in [2.05, 4.69) is 5.32 Å². The molecule has 114 valence electrons. The van der Waals surface area contributed by atoms with Crippen LogP contribution in [0.2, 0.25) is 0 Å². The quantitative estimate of drug-likeness (QED) is 0.852. The second-order valence-electron chi connectivity index (χ2n) is 5.39. The standard InChI is InChI=1S/C15H19NO5/c1-15(2)20-9-11(21-15)8-16-13(17)7-10-5-3-4-6-12(10)14(18)19/h3-6,11H,7-9H2,1-2H3,(H,16,17)(H,18,19). The van der Waals surface area contributed by atoms with Crippen molar-refractivity contribution in [3.05, 3.63) is 35.4 Å². The number of benzene rings is 1. The lowest BCUT2D eigenvalue weighted by atomic mass is 10.0. The maximum atomic E-state index is 11.9. The number of aromatic carboxylic acids is 1. The van der Waals surface area contributed by atoms with Crippen LogP contribution in [0.4, 0.5) is 0 Å². The number of hydrogen-bond acceptors (Lipinski definition) is 4. The first-order valence-electron chi connectivity index (χ1n) is 6.77. The van der Waals surface area contributed by atoms with Crippen LogP contribution in [0.1, 0.15) is 29.8 Å². The van der Waals surface area contributed by atoms with Crippen molar-refractivity contribution in [2.24, 2.45) is 0 Å². The van der Waals surface area contributed by atoms with E-state index < -0.39 is 11.8 Å². The van der Waals surface area contributed by atoms with Gasteiger partial charge in [0.25, 0.3) is 0 Å². The molecule has 2 rings (SSSR count). The lowest BCUT2D eigenvalue weighted by molar-refractivity contribution is -0.139. The van der Waals surface area contributed by atoms with Crippen molar-refractivity contribution in [2.45, 2.75) is 32.2 Å². The fourth-order valence-corrected chi connectivity index (χ4v) is 2.21. The molecule has 6 nitrogen and oxygen atoms in total. The molecule has 1 fully saturated rings. The Kier molecular flexibility index (Phi) is 4.59. The van der Waals surface area contributed by atoms with Crippen LogP contribution in [-0.4, -0.2) is 42.0 Å². The molecule has 1 aliphatic rings. The van der Waals surface area contributed by atoms with E-state index in [0.29, 0.717) is 18.7 Å². The van der Waals surface area contributed by atoms with Gasteiger partial charge in [0.15, 0.2) is 5.79 Å². The van der Waals surface area contributed by atoms with E-state index in [9.17, 15) is 9.59 Å². The first-order chi connectivity index (χ1) is 9.87. The van der Waals surface area contributed by atoms with Gasteiger partial charge in [-0.25, -0.2) is 4.79 Å². The molecule has 0 bridgehead atoms. The summed E-state index contributed by atoms with van der Waals surface area (Å²) in [6, 6.07) is 6.48. The lowest BCUT2D eigenvalue weighted by Crippen LogP contribution is -2.35. The molecule has 0 aliphatic carbocycles. The molecule has 0 spiro atoms. The largest absolute Gasteiger partial charge is 0.478 e.